The third-order valence-electron chi connectivity index (χ3n) is 1.66. The first-order valence-electron chi connectivity index (χ1n) is 3.31. The summed E-state index contributed by atoms with van der Waals surface area (Å²) in [5.74, 6) is 0. The van der Waals surface area contributed by atoms with Crippen LogP contribution in [0.1, 0.15) is 22.0 Å². The molecule has 2 fully saturated rings. The molecule has 1 spiro atoms. The average molecular weight is 82.1 g/mol. The number of rotatable bonds is 0. The molecule has 0 aromatic rings. The van der Waals surface area contributed by atoms with Crippen LogP contribution in [-0.2, 0) is 0 Å². The Kier molecular flexibility index (Phi) is 0.135. The van der Waals surface area contributed by atoms with Gasteiger partial charge in [-0.15, -0.1) is 0 Å². The predicted molar refractivity (Wildman–Crippen MR) is 25.4 cm³/mol. The summed E-state index contributed by atoms with van der Waals surface area (Å²) in [4.78, 5) is 0. The Morgan fingerprint density at radius 3 is 2.33 bits per heavy atom. The zero-order chi connectivity index (χ0) is 5.99. The molecular formula is C6H8. The lowest BCUT2D eigenvalue weighted by atomic mass is 10.4. The Morgan fingerprint density at radius 2 is 2.33 bits per heavy atom. The SMILES string of the molecule is [2H]C1([2H])C(=C)C12CC2. The molecule has 0 nitrogen and oxygen atoms in total. The van der Waals surface area contributed by atoms with Gasteiger partial charge < -0.3 is 0 Å². The molecule has 0 radical (unpaired) electrons. The van der Waals surface area contributed by atoms with Gasteiger partial charge in [0.05, 0.1) is 0 Å². The van der Waals surface area contributed by atoms with Crippen LogP contribution >= 0.6 is 0 Å². The van der Waals surface area contributed by atoms with Crippen LogP contribution in [0.5, 0.6) is 0 Å². The van der Waals surface area contributed by atoms with E-state index in [1.165, 1.54) is 0 Å². The maximum Gasteiger partial charge on any atom is 0.0322 e. The van der Waals surface area contributed by atoms with Crippen LogP contribution in [0, 0.1) is 5.41 Å². The lowest BCUT2D eigenvalue weighted by molar-refractivity contribution is 0.940. The molecule has 0 N–H and O–H groups in total. The molecule has 32 valence electrons. The first kappa shape index (κ1) is 1.69. The molecule has 2 aliphatic carbocycles. The van der Waals surface area contributed by atoms with Crippen molar-refractivity contribution in [1.29, 1.82) is 0 Å². The van der Waals surface area contributed by atoms with Crippen molar-refractivity contribution in [3.63, 3.8) is 0 Å². The molecule has 0 bridgehead atoms. The quantitative estimate of drug-likeness (QED) is 0.390. The van der Waals surface area contributed by atoms with Gasteiger partial charge in [0, 0.05) is 2.74 Å². The van der Waals surface area contributed by atoms with Crippen molar-refractivity contribution in [2.45, 2.75) is 19.2 Å². The van der Waals surface area contributed by atoms with E-state index in [9.17, 15) is 0 Å². The molecule has 2 aliphatic rings. The summed E-state index contributed by atoms with van der Waals surface area (Å²) in [5, 5.41) is 0. The van der Waals surface area contributed by atoms with E-state index < -0.39 is 6.37 Å². The van der Waals surface area contributed by atoms with Gasteiger partial charge in [-0.2, -0.15) is 0 Å². The van der Waals surface area contributed by atoms with Crippen LogP contribution in [0.25, 0.3) is 0 Å². The second-order valence-corrected chi connectivity index (χ2v) is 2.19. The van der Waals surface area contributed by atoms with Gasteiger partial charge in [-0.3, -0.25) is 0 Å². The first-order valence-corrected chi connectivity index (χ1v) is 2.31. The van der Waals surface area contributed by atoms with Crippen molar-refractivity contribution in [2.24, 2.45) is 5.41 Å². The molecule has 0 heterocycles. The molecule has 0 atom stereocenters. The van der Waals surface area contributed by atoms with Crippen LogP contribution < -0.4 is 0 Å². The monoisotopic (exact) mass is 82.1 g/mol. The summed E-state index contributed by atoms with van der Waals surface area (Å²) >= 11 is 0. The Bertz CT molecular complexity index is 159. The van der Waals surface area contributed by atoms with Gasteiger partial charge in [-0.25, -0.2) is 0 Å². The van der Waals surface area contributed by atoms with Crippen molar-refractivity contribution in [3.8, 4) is 0 Å². The second kappa shape index (κ2) is 0.481. The number of hydrogen-bond donors (Lipinski definition) is 0. The molecule has 0 aromatic carbocycles. The Hall–Kier alpha value is -0.260. The van der Waals surface area contributed by atoms with Gasteiger partial charge in [-0.05, 0) is 24.6 Å². The topological polar surface area (TPSA) is 0 Å². The Balaban J connectivity index is 2.38. The van der Waals surface area contributed by atoms with Crippen molar-refractivity contribution in [3.05, 3.63) is 12.2 Å². The van der Waals surface area contributed by atoms with Crippen molar-refractivity contribution >= 4 is 0 Å². The van der Waals surface area contributed by atoms with Crippen LogP contribution in [0.3, 0.4) is 0 Å². The molecule has 2 rings (SSSR count). The molecule has 0 heteroatoms. The average Bonchev–Trinajstić information content (AvgIpc) is 2.47. The second-order valence-electron chi connectivity index (χ2n) is 2.19. The fraction of sp³-hybridized carbons (Fsp3) is 0.667. The van der Waals surface area contributed by atoms with Crippen LogP contribution in [0.15, 0.2) is 12.2 Å². The molecule has 0 unspecified atom stereocenters. The predicted octanol–water partition coefficient (Wildman–Crippen LogP) is 1.73. The van der Waals surface area contributed by atoms with Gasteiger partial charge in [0.2, 0.25) is 0 Å². The maximum absolute atomic E-state index is 7.29. The van der Waals surface area contributed by atoms with Crippen LogP contribution in [0.4, 0.5) is 0 Å². The van der Waals surface area contributed by atoms with E-state index in [0.717, 1.165) is 18.4 Å². The minimum absolute atomic E-state index is 0.00694. The molecule has 6 heavy (non-hydrogen) atoms. The first-order chi connectivity index (χ1) is 3.61. The van der Waals surface area contributed by atoms with Crippen molar-refractivity contribution in [1.82, 2.24) is 0 Å². The summed E-state index contributed by atoms with van der Waals surface area (Å²) in [7, 11) is 0. The lowest BCUT2D eigenvalue weighted by Gasteiger charge is -1.63. The molecule has 0 aromatic heterocycles. The molecular weight excluding hydrogens is 72.1 g/mol. The zero-order valence-electron chi connectivity index (χ0n) is 5.62. The normalized spacial score (nSPS) is 47.7. The zero-order valence-corrected chi connectivity index (χ0v) is 3.62. The highest BCUT2D eigenvalue weighted by Crippen LogP contribution is 2.69. The van der Waals surface area contributed by atoms with E-state index in [-0.39, 0.29) is 5.41 Å². The molecule has 2 saturated carbocycles. The summed E-state index contributed by atoms with van der Waals surface area (Å²) in [6.45, 7) is 3.66. The van der Waals surface area contributed by atoms with E-state index >= 15 is 0 Å². The van der Waals surface area contributed by atoms with E-state index in [2.05, 4.69) is 6.58 Å². The summed E-state index contributed by atoms with van der Waals surface area (Å²) in [6, 6.07) is 0. The third-order valence-corrected chi connectivity index (χ3v) is 1.66. The Labute approximate surface area is 40.7 Å². The molecule has 0 aliphatic heterocycles. The van der Waals surface area contributed by atoms with Crippen LogP contribution in [0.2, 0.25) is 0 Å². The lowest BCUT2D eigenvalue weighted by Crippen LogP contribution is -1.54. The third kappa shape index (κ3) is 0.149. The van der Waals surface area contributed by atoms with E-state index in [4.69, 9.17) is 2.74 Å². The standard InChI is InChI=1S/C6H8/c1-5-4-6(5)2-3-6/h1-4H2/i4D2. The summed E-state index contributed by atoms with van der Waals surface area (Å²) < 4.78 is 14.6. The van der Waals surface area contributed by atoms with Gasteiger partial charge in [0.15, 0.2) is 0 Å². The van der Waals surface area contributed by atoms with E-state index in [1.54, 1.807) is 0 Å². The Morgan fingerprint density at radius 1 is 1.83 bits per heavy atom. The molecule has 0 saturated heterocycles. The van der Waals surface area contributed by atoms with Crippen LogP contribution in [-0.4, -0.2) is 0 Å². The van der Waals surface area contributed by atoms with Crippen molar-refractivity contribution < 1.29 is 2.74 Å². The molecule has 0 amide bonds. The van der Waals surface area contributed by atoms with E-state index in [0.29, 0.717) is 0 Å². The van der Waals surface area contributed by atoms with Gasteiger partial charge in [-0.1, -0.05) is 12.2 Å². The fourth-order valence-electron chi connectivity index (χ4n) is 0.809. The summed E-state index contributed by atoms with van der Waals surface area (Å²) in [6.07, 6.45) is 1.10. The summed E-state index contributed by atoms with van der Waals surface area (Å²) in [5.41, 5.74) is 0.831. The minimum Gasteiger partial charge on any atom is -0.0993 e. The largest absolute Gasteiger partial charge is 0.0993 e. The van der Waals surface area contributed by atoms with E-state index in [1.807, 2.05) is 0 Å². The van der Waals surface area contributed by atoms with Gasteiger partial charge >= 0.3 is 0 Å². The maximum atomic E-state index is 7.29. The minimum atomic E-state index is -0.979. The van der Waals surface area contributed by atoms with Crippen molar-refractivity contribution in [2.75, 3.05) is 0 Å². The highest BCUT2D eigenvalue weighted by molar-refractivity contribution is 5.36. The van der Waals surface area contributed by atoms with Gasteiger partial charge in [0.1, 0.15) is 0 Å². The number of hydrogen-bond acceptors (Lipinski definition) is 0. The highest BCUT2D eigenvalue weighted by atomic mass is 14.6. The number of allylic oxidation sites excluding steroid dienone is 1. The fourth-order valence-corrected chi connectivity index (χ4v) is 0.809. The van der Waals surface area contributed by atoms with Gasteiger partial charge in [0.25, 0.3) is 0 Å². The smallest absolute Gasteiger partial charge is 0.0322 e. The highest BCUT2D eigenvalue weighted by Gasteiger charge is 2.56.